The van der Waals surface area contributed by atoms with Gasteiger partial charge in [0, 0.05) is 10.5 Å². The number of halogens is 2. The number of nitrogens with one attached hydrogen (secondary N) is 1. The molecule has 2 N–H and O–H groups in total. The highest BCUT2D eigenvalue weighted by Gasteiger charge is 2.14. The fourth-order valence-corrected chi connectivity index (χ4v) is 1.30. The van der Waals surface area contributed by atoms with Gasteiger partial charge in [-0.15, -0.1) is 0 Å². The number of nitro benzene ring substituents is 1. The second kappa shape index (κ2) is 5.60. The Labute approximate surface area is 108 Å². The lowest BCUT2D eigenvalue weighted by Crippen LogP contribution is -2.08. The van der Waals surface area contributed by atoms with E-state index in [-0.39, 0.29) is 11.4 Å². The lowest BCUT2D eigenvalue weighted by molar-refractivity contribution is -0.384. The summed E-state index contributed by atoms with van der Waals surface area (Å²) in [6.45, 7) is 0. The standard InChI is InChI=1S/C8H5BrClN3O4/c9-4-1-2-5(6(3-4)13(16)17)11-12-7(10)8(14)15/h1-3,11H,(H,14,15)/b12-7-. The van der Waals surface area contributed by atoms with Gasteiger partial charge in [-0.25, -0.2) is 4.79 Å². The van der Waals surface area contributed by atoms with Crippen molar-refractivity contribution in [2.45, 2.75) is 0 Å². The molecule has 0 saturated heterocycles. The smallest absolute Gasteiger partial charge is 0.368 e. The first-order chi connectivity index (χ1) is 7.91. The van der Waals surface area contributed by atoms with Crippen molar-refractivity contribution in [1.82, 2.24) is 0 Å². The molecule has 90 valence electrons. The number of hydrogen-bond acceptors (Lipinski definition) is 5. The molecule has 9 heteroatoms. The highest BCUT2D eigenvalue weighted by Crippen LogP contribution is 2.27. The van der Waals surface area contributed by atoms with E-state index in [0.717, 1.165) is 0 Å². The maximum Gasteiger partial charge on any atom is 0.368 e. The fourth-order valence-electron chi connectivity index (χ4n) is 0.908. The molecular weight excluding hydrogens is 317 g/mol. The van der Waals surface area contributed by atoms with Gasteiger partial charge < -0.3 is 5.11 Å². The summed E-state index contributed by atoms with van der Waals surface area (Å²) in [4.78, 5) is 20.4. The van der Waals surface area contributed by atoms with Crippen LogP contribution >= 0.6 is 27.5 Å². The molecule has 0 heterocycles. The van der Waals surface area contributed by atoms with Crippen molar-refractivity contribution in [2.75, 3.05) is 5.43 Å². The Kier molecular flexibility index (Phi) is 4.41. The highest BCUT2D eigenvalue weighted by molar-refractivity contribution is 9.10. The summed E-state index contributed by atoms with van der Waals surface area (Å²) in [5.41, 5.74) is 2.00. The number of rotatable bonds is 4. The van der Waals surface area contributed by atoms with Crippen LogP contribution in [0.2, 0.25) is 0 Å². The third-order valence-corrected chi connectivity index (χ3v) is 2.35. The quantitative estimate of drug-likeness (QED) is 0.503. The zero-order valence-electron chi connectivity index (χ0n) is 8.05. The molecule has 0 bridgehead atoms. The number of carbonyl (C=O) groups is 1. The van der Waals surface area contributed by atoms with Crippen LogP contribution in [-0.2, 0) is 4.79 Å². The summed E-state index contributed by atoms with van der Waals surface area (Å²) in [5.74, 6) is -1.43. The third-order valence-electron chi connectivity index (χ3n) is 1.61. The molecule has 1 aromatic carbocycles. The van der Waals surface area contributed by atoms with Crippen molar-refractivity contribution in [3.8, 4) is 0 Å². The molecule has 0 atom stereocenters. The SMILES string of the molecule is O=C(O)/C(Cl)=N/Nc1ccc(Br)cc1[N+](=O)[O-]. The molecular formula is C8H5BrClN3O4. The van der Waals surface area contributed by atoms with Crippen LogP contribution in [0.25, 0.3) is 0 Å². The zero-order valence-corrected chi connectivity index (χ0v) is 10.4. The van der Waals surface area contributed by atoms with Crippen molar-refractivity contribution in [2.24, 2.45) is 5.10 Å². The zero-order chi connectivity index (χ0) is 13.0. The number of carboxylic acid groups (broad SMARTS) is 1. The van der Waals surface area contributed by atoms with Gasteiger partial charge in [0.05, 0.1) is 4.92 Å². The molecule has 17 heavy (non-hydrogen) atoms. The Hall–Kier alpha value is -1.67. The molecule has 0 radical (unpaired) electrons. The van der Waals surface area contributed by atoms with Crippen LogP contribution in [0.4, 0.5) is 11.4 Å². The highest BCUT2D eigenvalue weighted by atomic mass is 79.9. The fraction of sp³-hybridized carbons (Fsp3) is 0. The summed E-state index contributed by atoms with van der Waals surface area (Å²) in [6, 6.07) is 4.17. The molecule has 0 aromatic heterocycles. The summed E-state index contributed by atoms with van der Waals surface area (Å²) in [6.07, 6.45) is 0. The lowest BCUT2D eigenvalue weighted by Gasteiger charge is -2.02. The van der Waals surface area contributed by atoms with Gasteiger partial charge in [-0.3, -0.25) is 15.5 Å². The van der Waals surface area contributed by atoms with E-state index >= 15 is 0 Å². The second-order valence-electron chi connectivity index (χ2n) is 2.74. The Morgan fingerprint density at radius 1 is 1.59 bits per heavy atom. The van der Waals surface area contributed by atoms with E-state index < -0.39 is 16.1 Å². The van der Waals surface area contributed by atoms with Gasteiger partial charge in [-0.2, -0.15) is 5.10 Å². The normalized spacial score (nSPS) is 11.1. The summed E-state index contributed by atoms with van der Waals surface area (Å²) >= 11 is 8.32. The molecule has 0 spiro atoms. The Balaban J connectivity index is 3.03. The van der Waals surface area contributed by atoms with E-state index in [2.05, 4.69) is 26.5 Å². The third kappa shape index (κ3) is 3.68. The minimum absolute atomic E-state index is 0.0394. The van der Waals surface area contributed by atoms with Crippen LogP contribution in [0.15, 0.2) is 27.8 Å². The summed E-state index contributed by atoms with van der Waals surface area (Å²) in [5, 5.41) is 21.7. The van der Waals surface area contributed by atoms with Gasteiger partial charge in [-0.1, -0.05) is 27.5 Å². The molecule has 1 aromatic rings. The van der Waals surface area contributed by atoms with Crippen molar-refractivity contribution in [1.29, 1.82) is 0 Å². The Bertz CT molecular complexity index is 506. The molecule has 0 amide bonds. The number of anilines is 1. The van der Waals surface area contributed by atoms with Crippen LogP contribution in [0.3, 0.4) is 0 Å². The number of hydrazone groups is 1. The minimum atomic E-state index is -1.43. The van der Waals surface area contributed by atoms with Gasteiger partial charge in [0.15, 0.2) is 0 Å². The van der Waals surface area contributed by atoms with E-state index in [4.69, 9.17) is 16.7 Å². The number of aliphatic carboxylic acids is 1. The predicted octanol–water partition coefficient (Wildman–Crippen LogP) is 2.41. The van der Waals surface area contributed by atoms with Crippen LogP contribution in [0.1, 0.15) is 0 Å². The first kappa shape index (κ1) is 13.4. The Morgan fingerprint density at radius 2 is 2.24 bits per heavy atom. The number of carboxylic acids is 1. The average Bonchev–Trinajstić information content (AvgIpc) is 2.26. The van der Waals surface area contributed by atoms with E-state index in [1.165, 1.54) is 12.1 Å². The van der Waals surface area contributed by atoms with Gasteiger partial charge in [0.25, 0.3) is 5.69 Å². The summed E-state index contributed by atoms with van der Waals surface area (Å²) in [7, 11) is 0. The first-order valence-electron chi connectivity index (χ1n) is 4.08. The topological polar surface area (TPSA) is 105 Å². The molecule has 0 unspecified atom stereocenters. The first-order valence-corrected chi connectivity index (χ1v) is 5.25. The van der Waals surface area contributed by atoms with Crippen LogP contribution in [-0.4, -0.2) is 21.2 Å². The molecule has 0 saturated carbocycles. The van der Waals surface area contributed by atoms with Gasteiger partial charge >= 0.3 is 5.97 Å². The van der Waals surface area contributed by atoms with Gasteiger partial charge in [0.1, 0.15) is 5.69 Å². The minimum Gasteiger partial charge on any atom is -0.476 e. The van der Waals surface area contributed by atoms with Crippen molar-refractivity contribution >= 4 is 50.0 Å². The van der Waals surface area contributed by atoms with E-state index in [9.17, 15) is 14.9 Å². The van der Waals surface area contributed by atoms with Crippen molar-refractivity contribution in [3.63, 3.8) is 0 Å². The predicted molar refractivity (Wildman–Crippen MR) is 65.3 cm³/mol. The van der Waals surface area contributed by atoms with Crippen molar-refractivity contribution in [3.05, 3.63) is 32.8 Å². The van der Waals surface area contributed by atoms with Gasteiger partial charge in [0.2, 0.25) is 5.17 Å². The van der Waals surface area contributed by atoms with Crippen LogP contribution < -0.4 is 5.43 Å². The van der Waals surface area contributed by atoms with Gasteiger partial charge in [-0.05, 0) is 12.1 Å². The molecule has 7 nitrogen and oxygen atoms in total. The summed E-state index contributed by atoms with van der Waals surface area (Å²) < 4.78 is 0.517. The maximum absolute atomic E-state index is 10.7. The van der Waals surface area contributed by atoms with Crippen LogP contribution in [0.5, 0.6) is 0 Å². The number of hydrogen-bond donors (Lipinski definition) is 2. The molecule has 1 rings (SSSR count). The molecule has 0 aliphatic rings. The largest absolute Gasteiger partial charge is 0.476 e. The number of nitro groups is 1. The monoisotopic (exact) mass is 321 g/mol. The Morgan fingerprint density at radius 3 is 2.76 bits per heavy atom. The molecule has 0 fully saturated rings. The second-order valence-corrected chi connectivity index (χ2v) is 4.01. The molecule has 0 aliphatic heterocycles. The van der Waals surface area contributed by atoms with E-state index in [0.29, 0.717) is 4.47 Å². The van der Waals surface area contributed by atoms with E-state index in [1.54, 1.807) is 6.07 Å². The average molecular weight is 323 g/mol. The number of nitrogens with zero attached hydrogens (tertiary/aromatic N) is 2. The van der Waals surface area contributed by atoms with Crippen LogP contribution in [0, 0.1) is 10.1 Å². The van der Waals surface area contributed by atoms with Crippen molar-refractivity contribution < 1.29 is 14.8 Å². The van der Waals surface area contributed by atoms with E-state index in [1.807, 2.05) is 0 Å². The molecule has 0 aliphatic carbocycles. The number of benzene rings is 1. The lowest BCUT2D eigenvalue weighted by atomic mass is 10.3. The maximum atomic E-state index is 10.7.